The molecule has 0 aromatic carbocycles. The monoisotopic (exact) mass is 251 g/mol. The minimum atomic E-state index is 0.483. The molecule has 3 fully saturated rings. The SMILES string of the molecule is CCN1CCCC(N2C3CCC2CC(N)C3)CC1. The van der Waals surface area contributed by atoms with Crippen LogP contribution in [0, 0.1) is 0 Å². The fourth-order valence-corrected chi connectivity index (χ4v) is 4.60. The maximum atomic E-state index is 6.19. The van der Waals surface area contributed by atoms with E-state index in [0.29, 0.717) is 6.04 Å². The Bertz CT molecular complexity index is 267. The van der Waals surface area contributed by atoms with Gasteiger partial charge in [0.25, 0.3) is 0 Å². The number of hydrogen-bond acceptors (Lipinski definition) is 3. The molecule has 2 N–H and O–H groups in total. The molecule has 2 bridgehead atoms. The van der Waals surface area contributed by atoms with E-state index in [1.807, 2.05) is 0 Å². The van der Waals surface area contributed by atoms with Gasteiger partial charge in [0, 0.05) is 24.2 Å². The minimum absolute atomic E-state index is 0.483. The van der Waals surface area contributed by atoms with Crippen molar-refractivity contribution in [2.75, 3.05) is 19.6 Å². The maximum absolute atomic E-state index is 6.19. The Morgan fingerprint density at radius 2 is 1.67 bits per heavy atom. The predicted octanol–water partition coefficient (Wildman–Crippen LogP) is 1.81. The molecule has 3 unspecified atom stereocenters. The van der Waals surface area contributed by atoms with Crippen molar-refractivity contribution in [2.45, 2.75) is 76.0 Å². The zero-order valence-electron chi connectivity index (χ0n) is 11.9. The van der Waals surface area contributed by atoms with Crippen LogP contribution in [0.4, 0.5) is 0 Å². The molecule has 3 aliphatic heterocycles. The molecule has 0 radical (unpaired) electrons. The van der Waals surface area contributed by atoms with E-state index in [-0.39, 0.29) is 0 Å². The van der Waals surface area contributed by atoms with E-state index in [2.05, 4.69) is 16.7 Å². The first-order chi connectivity index (χ1) is 8.78. The molecular weight excluding hydrogens is 222 g/mol. The fraction of sp³-hybridized carbons (Fsp3) is 1.00. The second kappa shape index (κ2) is 5.48. The summed E-state index contributed by atoms with van der Waals surface area (Å²) in [5.41, 5.74) is 6.19. The maximum Gasteiger partial charge on any atom is 0.0116 e. The second-order valence-electron chi connectivity index (χ2n) is 6.58. The topological polar surface area (TPSA) is 32.5 Å². The van der Waals surface area contributed by atoms with Crippen LogP contribution in [0.2, 0.25) is 0 Å². The van der Waals surface area contributed by atoms with Crippen molar-refractivity contribution in [3.05, 3.63) is 0 Å². The van der Waals surface area contributed by atoms with Gasteiger partial charge in [0.2, 0.25) is 0 Å². The lowest BCUT2D eigenvalue weighted by molar-refractivity contribution is 0.0693. The molecule has 3 heteroatoms. The van der Waals surface area contributed by atoms with Crippen LogP contribution < -0.4 is 5.73 Å². The highest BCUT2D eigenvalue weighted by Crippen LogP contribution is 2.38. The quantitative estimate of drug-likeness (QED) is 0.812. The van der Waals surface area contributed by atoms with Crippen molar-refractivity contribution in [2.24, 2.45) is 5.73 Å². The van der Waals surface area contributed by atoms with Gasteiger partial charge in [-0.25, -0.2) is 0 Å². The normalized spacial score (nSPS) is 43.0. The van der Waals surface area contributed by atoms with Gasteiger partial charge < -0.3 is 10.6 Å². The van der Waals surface area contributed by atoms with E-state index < -0.39 is 0 Å². The summed E-state index contributed by atoms with van der Waals surface area (Å²) in [7, 11) is 0. The highest BCUT2D eigenvalue weighted by molar-refractivity contribution is 4.99. The van der Waals surface area contributed by atoms with Crippen LogP contribution in [-0.4, -0.2) is 53.6 Å². The third-order valence-corrected chi connectivity index (χ3v) is 5.49. The van der Waals surface area contributed by atoms with Gasteiger partial charge in [0.05, 0.1) is 0 Å². The van der Waals surface area contributed by atoms with Crippen molar-refractivity contribution in [1.29, 1.82) is 0 Å². The summed E-state index contributed by atoms with van der Waals surface area (Å²) >= 11 is 0. The summed E-state index contributed by atoms with van der Waals surface area (Å²) < 4.78 is 0. The highest BCUT2D eigenvalue weighted by atomic mass is 15.3. The zero-order chi connectivity index (χ0) is 12.5. The molecule has 3 heterocycles. The first-order valence-electron chi connectivity index (χ1n) is 8.03. The average molecular weight is 251 g/mol. The summed E-state index contributed by atoms with van der Waals surface area (Å²) in [5.74, 6) is 0. The fourth-order valence-electron chi connectivity index (χ4n) is 4.60. The third-order valence-electron chi connectivity index (χ3n) is 5.49. The van der Waals surface area contributed by atoms with E-state index in [1.54, 1.807) is 0 Å². The highest BCUT2D eigenvalue weighted by Gasteiger charge is 2.42. The smallest absolute Gasteiger partial charge is 0.0116 e. The molecule has 3 atom stereocenters. The van der Waals surface area contributed by atoms with Crippen molar-refractivity contribution in [1.82, 2.24) is 9.80 Å². The van der Waals surface area contributed by atoms with Crippen LogP contribution in [0.1, 0.15) is 51.9 Å². The van der Waals surface area contributed by atoms with Crippen molar-refractivity contribution < 1.29 is 0 Å². The Morgan fingerprint density at radius 3 is 2.33 bits per heavy atom. The Labute approximate surface area is 112 Å². The van der Waals surface area contributed by atoms with Gasteiger partial charge in [-0.15, -0.1) is 0 Å². The lowest BCUT2D eigenvalue weighted by Gasteiger charge is -2.42. The largest absolute Gasteiger partial charge is 0.328 e. The summed E-state index contributed by atoms with van der Waals surface area (Å²) in [6.07, 6.45) is 9.52. The summed E-state index contributed by atoms with van der Waals surface area (Å²) in [5, 5.41) is 0. The number of nitrogens with two attached hydrogens (primary N) is 1. The van der Waals surface area contributed by atoms with Crippen LogP contribution >= 0.6 is 0 Å². The third kappa shape index (κ3) is 2.45. The van der Waals surface area contributed by atoms with Crippen LogP contribution in [0.3, 0.4) is 0 Å². The molecule has 0 spiro atoms. The molecule has 0 aromatic rings. The molecule has 0 aromatic heterocycles. The number of nitrogens with zero attached hydrogens (tertiary/aromatic N) is 2. The number of rotatable bonds is 2. The van der Waals surface area contributed by atoms with Gasteiger partial charge >= 0.3 is 0 Å². The summed E-state index contributed by atoms with van der Waals surface area (Å²) in [6.45, 7) is 6.15. The lowest BCUT2D eigenvalue weighted by Crippen LogP contribution is -2.52. The first kappa shape index (κ1) is 12.9. The van der Waals surface area contributed by atoms with E-state index in [4.69, 9.17) is 5.73 Å². The molecule has 18 heavy (non-hydrogen) atoms. The molecule has 3 aliphatic rings. The lowest BCUT2D eigenvalue weighted by atomic mass is 9.94. The summed E-state index contributed by atoms with van der Waals surface area (Å²) in [6, 6.07) is 2.97. The van der Waals surface area contributed by atoms with Crippen molar-refractivity contribution in [3.63, 3.8) is 0 Å². The van der Waals surface area contributed by atoms with E-state index in [0.717, 1.165) is 18.1 Å². The summed E-state index contributed by atoms with van der Waals surface area (Å²) in [4.78, 5) is 5.51. The van der Waals surface area contributed by atoms with Crippen molar-refractivity contribution >= 4 is 0 Å². The Balaban J connectivity index is 1.64. The van der Waals surface area contributed by atoms with Gasteiger partial charge in [0.15, 0.2) is 0 Å². The van der Waals surface area contributed by atoms with Crippen LogP contribution in [-0.2, 0) is 0 Å². The van der Waals surface area contributed by atoms with Crippen LogP contribution in [0.15, 0.2) is 0 Å². The minimum Gasteiger partial charge on any atom is -0.328 e. The standard InChI is InChI=1S/C15H29N3/c1-2-17-8-3-4-13(7-9-17)18-14-5-6-15(18)11-12(16)10-14/h12-15H,2-11,16H2,1H3. The van der Waals surface area contributed by atoms with Crippen LogP contribution in [0.5, 0.6) is 0 Å². The Morgan fingerprint density at radius 1 is 0.944 bits per heavy atom. The Kier molecular flexibility index (Phi) is 3.92. The van der Waals surface area contributed by atoms with Gasteiger partial charge in [-0.2, -0.15) is 0 Å². The number of likely N-dealkylation sites (tertiary alicyclic amines) is 1. The van der Waals surface area contributed by atoms with Gasteiger partial charge in [-0.05, 0) is 64.6 Å². The molecule has 3 nitrogen and oxygen atoms in total. The molecule has 0 amide bonds. The Hall–Kier alpha value is -0.120. The molecule has 3 saturated heterocycles. The van der Waals surface area contributed by atoms with Gasteiger partial charge in [-0.3, -0.25) is 4.90 Å². The zero-order valence-corrected chi connectivity index (χ0v) is 11.9. The predicted molar refractivity (Wildman–Crippen MR) is 75.6 cm³/mol. The van der Waals surface area contributed by atoms with E-state index in [9.17, 15) is 0 Å². The average Bonchev–Trinajstić information content (AvgIpc) is 2.58. The molecule has 3 rings (SSSR count). The van der Waals surface area contributed by atoms with E-state index in [1.165, 1.54) is 64.6 Å². The molecule has 0 aliphatic carbocycles. The van der Waals surface area contributed by atoms with Gasteiger partial charge in [0.1, 0.15) is 0 Å². The second-order valence-corrected chi connectivity index (χ2v) is 6.58. The first-order valence-corrected chi connectivity index (χ1v) is 8.03. The number of fused-ring (bicyclic) bond motifs is 2. The molecule has 0 saturated carbocycles. The van der Waals surface area contributed by atoms with E-state index >= 15 is 0 Å². The van der Waals surface area contributed by atoms with Crippen LogP contribution in [0.25, 0.3) is 0 Å². The van der Waals surface area contributed by atoms with Gasteiger partial charge in [-0.1, -0.05) is 6.92 Å². The molecule has 104 valence electrons. The van der Waals surface area contributed by atoms with Crippen molar-refractivity contribution in [3.8, 4) is 0 Å². The number of hydrogen-bond donors (Lipinski definition) is 1. The number of piperidine rings is 1. The molecular formula is C15H29N3.